The molecule has 0 aromatic heterocycles. The minimum atomic E-state index is -0.371. The zero-order chi connectivity index (χ0) is 14.8. The molecule has 2 fully saturated rings. The lowest BCUT2D eigenvalue weighted by Crippen LogP contribution is -2.36. The molecule has 0 radical (unpaired) electrons. The molecule has 0 N–H and O–H groups in total. The number of aryl methyl sites for hydroxylation is 1. The topological polar surface area (TPSA) is 38.8 Å². The molecule has 1 saturated heterocycles. The maximum absolute atomic E-state index is 12.4. The van der Waals surface area contributed by atoms with Crippen molar-refractivity contribution in [1.29, 1.82) is 0 Å². The van der Waals surface area contributed by atoms with Crippen LogP contribution in [0.4, 0.5) is 0 Å². The first-order valence-corrected chi connectivity index (χ1v) is 8.09. The molecule has 22 heavy (non-hydrogen) atoms. The third kappa shape index (κ3) is 1.42. The van der Waals surface area contributed by atoms with Gasteiger partial charge in [-0.3, -0.25) is 4.79 Å². The first-order valence-electron chi connectivity index (χ1n) is 8.09. The average molecular weight is 294 g/mol. The Bertz CT molecular complexity index is 707. The molecule has 3 nitrogen and oxygen atoms in total. The molecule has 0 unspecified atom stereocenters. The summed E-state index contributed by atoms with van der Waals surface area (Å²) in [6, 6.07) is 8.47. The summed E-state index contributed by atoms with van der Waals surface area (Å²) in [5.74, 6) is -0.386. The smallest absolute Gasteiger partial charge is 0.317 e. The van der Waals surface area contributed by atoms with Crippen molar-refractivity contribution < 1.29 is 14.3 Å². The van der Waals surface area contributed by atoms with E-state index in [1.54, 1.807) is 0 Å². The van der Waals surface area contributed by atoms with Crippen LogP contribution in [0.2, 0.25) is 0 Å². The van der Waals surface area contributed by atoms with Gasteiger partial charge in [0.25, 0.3) is 0 Å². The number of fused-ring (bicyclic) bond motifs is 1. The Labute approximate surface area is 129 Å². The van der Waals surface area contributed by atoms with Crippen LogP contribution in [0.3, 0.4) is 0 Å². The molecule has 0 bridgehead atoms. The van der Waals surface area contributed by atoms with Crippen LogP contribution in [0.5, 0.6) is 0 Å². The van der Waals surface area contributed by atoms with Gasteiger partial charge in [0.2, 0.25) is 0 Å². The Morgan fingerprint density at radius 2 is 2.00 bits per heavy atom. The molecule has 1 saturated carbocycles. The molecule has 1 aromatic rings. The summed E-state index contributed by atoms with van der Waals surface area (Å²) in [7, 11) is 0. The molecular weight excluding hydrogens is 276 g/mol. The average Bonchev–Trinajstić information content (AvgIpc) is 2.87. The number of esters is 1. The molecule has 0 amide bonds. The number of epoxide rings is 1. The minimum absolute atomic E-state index is 0.0757. The van der Waals surface area contributed by atoms with Crippen molar-refractivity contribution in [3.63, 3.8) is 0 Å². The van der Waals surface area contributed by atoms with E-state index in [9.17, 15) is 4.79 Å². The minimum Gasteiger partial charge on any atom is -0.458 e. The van der Waals surface area contributed by atoms with E-state index in [1.165, 1.54) is 11.1 Å². The van der Waals surface area contributed by atoms with Gasteiger partial charge in [0.05, 0.1) is 5.92 Å². The summed E-state index contributed by atoms with van der Waals surface area (Å²) in [5.41, 5.74) is 2.14. The number of allylic oxidation sites excluding steroid dienone is 2. The maximum Gasteiger partial charge on any atom is 0.317 e. The largest absolute Gasteiger partial charge is 0.458 e. The fourth-order valence-electron chi connectivity index (χ4n) is 4.67. The normalized spacial score (nSPS) is 37.5. The van der Waals surface area contributed by atoms with Crippen molar-refractivity contribution >= 4 is 5.97 Å². The lowest BCUT2D eigenvalue weighted by Gasteiger charge is -2.27. The van der Waals surface area contributed by atoms with Gasteiger partial charge in [-0.15, -0.1) is 0 Å². The third-order valence-electron chi connectivity index (χ3n) is 5.75. The van der Waals surface area contributed by atoms with E-state index >= 15 is 0 Å². The van der Waals surface area contributed by atoms with Gasteiger partial charge >= 0.3 is 5.97 Å². The van der Waals surface area contributed by atoms with Gasteiger partial charge in [-0.05, 0) is 36.8 Å². The fourth-order valence-corrected chi connectivity index (χ4v) is 4.67. The predicted molar refractivity (Wildman–Crippen MR) is 81.1 cm³/mol. The summed E-state index contributed by atoms with van der Waals surface area (Å²) < 4.78 is 12.2. The van der Waals surface area contributed by atoms with Crippen LogP contribution >= 0.6 is 0 Å². The second-order valence-electron chi connectivity index (χ2n) is 6.75. The van der Waals surface area contributed by atoms with Crippen LogP contribution < -0.4 is 0 Å². The van der Waals surface area contributed by atoms with Crippen molar-refractivity contribution in [3.05, 3.63) is 59.7 Å². The third-order valence-corrected chi connectivity index (χ3v) is 5.75. The second kappa shape index (κ2) is 4.11. The van der Waals surface area contributed by atoms with Crippen LogP contribution in [0.25, 0.3) is 0 Å². The number of rotatable bonds is 2. The highest BCUT2D eigenvalue weighted by atomic mass is 16.7. The lowest BCUT2D eigenvalue weighted by molar-refractivity contribution is -0.154. The first kappa shape index (κ1) is 12.7. The van der Waals surface area contributed by atoms with Crippen molar-refractivity contribution in [2.75, 3.05) is 0 Å². The van der Waals surface area contributed by atoms with Gasteiger partial charge in [0.1, 0.15) is 11.7 Å². The molecule has 0 spiro atoms. The number of carbonyl (C=O) groups excluding carboxylic acids is 1. The highest BCUT2D eigenvalue weighted by molar-refractivity contribution is 5.78. The molecule has 3 atom stereocenters. The predicted octanol–water partition coefficient (Wildman–Crippen LogP) is 3.04. The van der Waals surface area contributed by atoms with E-state index in [0.29, 0.717) is 0 Å². The fraction of sp³-hybridized carbons (Fsp3) is 0.421. The lowest BCUT2D eigenvalue weighted by atomic mass is 9.76. The molecule has 3 aliphatic carbocycles. The van der Waals surface area contributed by atoms with Gasteiger partial charge in [0, 0.05) is 0 Å². The molecule has 1 aliphatic heterocycles. The van der Waals surface area contributed by atoms with E-state index in [-0.39, 0.29) is 29.2 Å². The summed E-state index contributed by atoms with van der Waals surface area (Å²) in [6.07, 6.45) is 11.4. The molecule has 1 heterocycles. The Balaban J connectivity index is 1.48. The summed E-state index contributed by atoms with van der Waals surface area (Å²) in [6.45, 7) is 0. The van der Waals surface area contributed by atoms with E-state index in [2.05, 4.69) is 24.3 Å². The van der Waals surface area contributed by atoms with Crippen LogP contribution in [0.15, 0.2) is 48.6 Å². The quantitative estimate of drug-likeness (QED) is 0.621. The van der Waals surface area contributed by atoms with Crippen molar-refractivity contribution in [2.45, 2.75) is 43.0 Å². The van der Waals surface area contributed by atoms with E-state index in [0.717, 1.165) is 25.7 Å². The second-order valence-corrected chi connectivity index (χ2v) is 6.75. The highest BCUT2D eigenvalue weighted by Gasteiger charge is 2.80. The summed E-state index contributed by atoms with van der Waals surface area (Å²) in [4.78, 5) is 12.4. The van der Waals surface area contributed by atoms with Gasteiger partial charge in [-0.1, -0.05) is 48.6 Å². The summed E-state index contributed by atoms with van der Waals surface area (Å²) >= 11 is 0. The monoisotopic (exact) mass is 294 g/mol. The van der Waals surface area contributed by atoms with Crippen molar-refractivity contribution in [1.82, 2.24) is 0 Å². The van der Waals surface area contributed by atoms with Gasteiger partial charge < -0.3 is 9.47 Å². The maximum atomic E-state index is 12.4. The molecule has 112 valence electrons. The first-order chi connectivity index (χ1) is 10.8. The standard InChI is InChI=1S/C19H18O3/c20-17(14-6-1-2-7-14)21-16-10-12-18-11-9-13-5-3-4-8-15(13)19(16,18)22-18/h1-8,14,16H,9-12H2/t16-,18-,19+/m0/s1. The number of benzene rings is 1. The number of carbonyl (C=O) groups is 1. The van der Waals surface area contributed by atoms with Crippen LogP contribution in [0, 0.1) is 5.92 Å². The zero-order valence-electron chi connectivity index (χ0n) is 12.3. The van der Waals surface area contributed by atoms with Gasteiger partial charge in [0.15, 0.2) is 5.60 Å². The Morgan fingerprint density at radius 1 is 1.18 bits per heavy atom. The number of hydrogen-bond donors (Lipinski definition) is 0. The molecular formula is C19H18O3. The van der Waals surface area contributed by atoms with Crippen LogP contribution in [-0.4, -0.2) is 17.7 Å². The zero-order valence-corrected chi connectivity index (χ0v) is 12.3. The molecule has 5 rings (SSSR count). The number of ether oxygens (including phenoxy) is 2. The van der Waals surface area contributed by atoms with Crippen LogP contribution in [0.1, 0.15) is 30.4 Å². The Kier molecular flexibility index (Phi) is 2.36. The van der Waals surface area contributed by atoms with Gasteiger partial charge in [-0.25, -0.2) is 0 Å². The Morgan fingerprint density at radius 3 is 2.86 bits per heavy atom. The van der Waals surface area contributed by atoms with Crippen molar-refractivity contribution in [3.8, 4) is 0 Å². The van der Waals surface area contributed by atoms with Crippen molar-refractivity contribution in [2.24, 2.45) is 5.92 Å². The highest BCUT2D eigenvalue weighted by Crippen LogP contribution is 2.70. The molecule has 1 aromatic carbocycles. The summed E-state index contributed by atoms with van der Waals surface area (Å²) in [5, 5.41) is 0. The van der Waals surface area contributed by atoms with E-state index < -0.39 is 0 Å². The van der Waals surface area contributed by atoms with E-state index in [4.69, 9.17) is 9.47 Å². The molecule has 3 heteroatoms. The number of hydrogen-bond acceptors (Lipinski definition) is 3. The SMILES string of the molecule is O=C(O[C@H]1CC[C@@]23CCc4ccccc4[C@@]12O3)C1C=CC=C1. The van der Waals surface area contributed by atoms with E-state index in [1.807, 2.05) is 24.3 Å². The van der Waals surface area contributed by atoms with Crippen LogP contribution in [-0.2, 0) is 26.3 Å². The molecule has 4 aliphatic rings. The Hall–Kier alpha value is -1.87. The van der Waals surface area contributed by atoms with Gasteiger partial charge in [-0.2, -0.15) is 0 Å².